The summed E-state index contributed by atoms with van der Waals surface area (Å²) in [5.74, 6) is 0.581. The fourth-order valence-corrected chi connectivity index (χ4v) is 2.23. The predicted octanol–water partition coefficient (Wildman–Crippen LogP) is 4.96. The molecule has 0 bridgehead atoms. The molecule has 1 aromatic carbocycles. The standard InChI is InChI=1S/C13H18BrClO/c1-3-9(4-2)7-13(16)10-5-6-11(14)12(15)8-10/h5-6,8-9,13,16H,3-4,7H2,1-2H3. The van der Waals surface area contributed by atoms with Crippen molar-refractivity contribution in [3.8, 4) is 0 Å². The van der Waals surface area contributed by atoms with Crippen molar-refractivity contribution in [2.45, 2.75) is 39.2 Å². The molecule has 0 radical (unpaired) electrons. The van der Waals surface area contributed by atoms with Crippen molar-refractivity contribution in [2.75, 3.05) is 0 Å². The van der Waals surface area contributed by atoms with Gasteiger partial charge in [0.05, 0.1) is 11.1 Å². The number of aliphatic hydroxyl groups excluding tert-OH is 1. The normalized spacial score (nSPS) is 13.1. The molecule has 1 rings (SSSR count). The lowest BCUT2D eigenvalue weighted by Crippen LogP contribution is -2.06. The largest absolute Gasteiger partial charge is 0.388 e. The maximum atomic E-state index is 10.1. The van der Waals surface area contributed by atoms with E-state index in [2.05, 4.69) is 29.8 Å². The van der Waals surface area contributed by atoms with Gasteiger partial charge in [-0.3, -0.25) is 0 Å². The Labute approximate surface area is 111 Å². The molecule has 0 aliphatic heterocycles. The summed E-state index contributed by atoms with van der Waals surface area (Å²) in [5, 5.41) is 10.7. The van der Waals surface area contributed by atoms with Crippen molar-refractivity contribution in [3.63, 3.8) is 0 Å². The monoisotopic (exact) mass is 304 g/mol. The van der Waals surface area contributed by atoms with Gasteiger partial charge in [-0.15, -0.1) is 0 Å². The van der Waals surface area contributed by atoms with Crippen molar-refractivity contribution in [3.05, 3.63) is 33.3 Å². The summed E-state index contributed by atoms with van der Waals surface area (Å²) in [6.45, 7) is 4.32. The Morgan fingerprint density at radius 2 is 1.94 bits per heavy atom. The molecule has 1 unspecified atom stereocenters. The highest BCUT2D eigenvalue weighted by molar-refractivity contribution is 9.10. The Bertz CT molecular complexity index is 337. The van der Waals surface area contributed by atoms with E-state index in [1.54, 1.807) is 0 Å². The van der Waals surface area contributed by atoms with Crippen LogP contribution in [0.5, 0.6) is 0 Å². The van der Waals surface area contributed by atoms with E-state index in [0.29, 0.717) is 10.9 Å². The lowest BCUT2D eigenvalue weighted by molar-refractivity contribution is 0.141. The van der Waals surface area contributed by atoms with E-state index in [4.69, 9.17) is 11.6 Å². The Morgan fingerprint density at radius 3 is 2.44 bits per heavy atom. The first-order chi connectivity index (χ1) is 7.58. The number of halogens is 2. The molecule has 1 nitrogen and oxygen atoms in total. The molecule has 0 fully saturated rings. The zero-order chi connectivity index (χ0) is 12.1. The van der Waals surface area contributed by atoms with Crippen LogP contribution in [0.25, 0.3) is 0 Å². The van der Waals surface area contributed by atoms with Gasteiger partial charge < -0.3 is 5.11 Å². The van der Waals surface area contributed by atoms with Crippen LogP contribution in [0.3, 0.4) is 0 Å². The first-order valence-electron chi connectivity index (χ1n) is 5.71. The van der Waals surface area contributed by atoms with Crippen LogP contribution in [0.4, 0.5) is 0 Å². The second kappa shape index (κ2) is 6.63. The van der Waals surface area contributed by atoms with E-state index in [0.717, 1.165) is 29.3 Å². The number of rotatable bonds is 5. The zero-order valence-corrected chi connectivity index (χ0v) is 12.1. The molecule has 16 heavy (non-hydrogen) atoms. The molecule has 0 spiro atoms. The zero-order valence-electron chi connectivity index (χ0n) is 9.71. The Morgan fingerprint density at radius 1 is 1.31 bits per heavy atom. The Hall–Kier alpha value is -0.0500. The highest BCUT2D eigenvalue weighted by atomic mass is 79.9. The summed E-state index contributed by atoms with van der Waals surface area (Å²) in [4.78, 5) is 0. The lowest BCUT2D eigenvalue weighted by Gasteiger charge is -2.18. The van der Waals surface area contributed by atoms with Gasteiger partial charge in [0.25, 0.3) is 0 Å². The van der Waals surface area contributed by atoms with Gasteiger partial charge in [-0.25, -0.2) is 0 Å². The molecule has 0 aromatic heterocycles. The lowest BCUT2D eigenvalue weighted by atomic mass is 9.93. The van der Waals surface area contributed by atoms with Gasteiger partial charge in [0.2, 0.25) is 0 Å². The molecule has 0 amide bonds. The van der Waals surface area contributed by atoms with Crippen LogP contribution >= 0.6 is 27.5 Å². The summed E-state index contributed by atoms with van der Waals surface area (Å²) in [6.07, 6.45) is 2.62. The van der Waals surface area contributed by atoms with Crippen LogP contribution in [0, 0.1) is 5.92 Å². The molecule has 1 aromatic rings. The number of hydrogen-bond donors (Lipinski definition) is 1. The summed E-state index contributed by atoms with van der Waals surface area (Å²) < 4.78 is 0.868. The van der Waals surface area contributed by atoms with Crippen LogP contribution < -0.4 is 0 Å². The molecule has 0 saturated carbocycles. The summed E-state index contributed by atoms with van der Waals surface area (Å²) >= 11 is 9.35. The van der Waals surface area contributed by atoms with Crippen molar-refractivity contribution in [1.82, 2.24) is 0 Å². The van der Waals surface area contributed by atoms with Gasteiger partial charge >= 0.3 is 0 Å². The predicted molar refractivity (Wildman–Crippen MR) is 72.8 cm³/mol. The third-order valence-electron chi connectivity index (χ3n) is 3.04. The molecule has 90 valence electrons. The smallest absolute Gasteiger partial charge is 0.0793 e. The van der Waals surface area contributed by atoms with Crippen LogP contribution in [-0.4, -0.2) is 5.11 Å². The topological polar surface area (TPSA) is 20.2 Å². The number of benzene rings is 1. The maximum Gasteiger partial charge on any atom is 0.0793 e. The van der Waals surface area contributed by atoms with Crippen LogP contribution in [0.15, 0.2) is 22.7 Å². The average Bonchev–Trinajstić information content (AvgIpc) is 2.29. The van der Waals surface area contributed by atoms with Crippen LogP contribution in [0.2, 0.25) is 5.02 Å². The molecular formula is C13H18BrClO. The van der Waals surface area contributed by atoms with Gasteiger partial charge in [-0.1, -0.05) is 44.4 Å². The second-order valence-electron chi connectivity index (χ2n) is 4.11. The average molecular weight is 306 g/mol. The molecule has 0 aliphatic rings. The van der Waals surface area contributed by atoms with E-state index in [1.165, 1.54) is 0 Å². The summed E-state index contributed by atoms with van der Waals surface area (Å²) in [6, 6.07) is 5.63. The SMILES string of the molecule is CCC(CC)CC(O)c1ccc(Br)c(Cl)c1. The molecule has 0 heterocycles. The first-order valence-corrected chi connectivity index (χ1v) is 6.88. The van der Waals surface area contributed by atoms with E-state index >= 15 is 0 Å². The van der Waals surface area contributed by atoms with Crippen molar-refractivity contribution >= 4 is 27.5 Å². The Balaban J connectivity index is 2.72. The highest BCUT2D eigenvalue weighted by Gasteiger charge is 2.14. The quantitative estimate of drug-likeness (QED) is 0.815. The first kappa shape index (κ1) is 14.0. The Kier molecular flexibility index (Phi) is 5.81. The van der Waals surface area contributed by atoms with Gasteiger partial charge in [0, 0.05) is 4.47 Å². The minimum atomic E-state index is -0.407. The minimum absolute atomic E-state index is 0.407. The fourth-order valence-electron chi connectivity index (χ4n) is 1.79. The maximum absolute atomic E-state index is 10.1. The molecule has 0 saturated heterocycles. The van der Waals surface area contributed by atoms with Gasteiger partial charge in [-0.2, -0.15) is 0 Å². The van der Waals surface area contributed by atoms with Crippen molar-refractivity contribution < 1.29 is 5.11 Å². The van der Waals surface area contributed by atoms with Crippen LogP contribution in [-0.2, 0) is 0 Å². The molecule has 1 atom stereocenters. The van der Waals surface area contributed by atoms with Gasteiger partial charge in [-0.05, 0) is 46.0 Å². The van der Waals surface area contributed by atoms with E-state index in [9.17, 15) is 5.11 Å². The molecular weight excluding hydrogens is 287 g/mol. The van der Waals surface area contributed by atoms with Crippen molar-refractivity contribution in [1.29, 1.82) is 0 Å². The highest BCUT2D eigenvalue weighted by Crippen LogP contribution is 2.30. The van der Waals surface area contributed by atoms with Crippen LogP contribution in [0.1, 0.15) is 44.8 Å². The third-order valence-corrected chi connectivity index (χ3v) is 4.27. The third kappa shape index (κ3) is 3.76. The van der Waals surface area contributed by atoms with E-state index in [1.807, 2.05) is 18.2 Å². The van der Waals surface area contributed by atoms with Gasteiger partial charge in [0.15, 0.2) is 0 Å². The minimum Gasteiger partial charge on any atom is -0.388 e. The molecule has 3 heteroatoms. The van der Waals surface area contributed by atoms with Gasteiger partial charge in [0.1, 0.15) is 0 Å². The fraction of sp³-hybridized carbons (Fsp3) is 0.538. The number of aliphatic hydroxyl groups is 1. The van der Waals surface area contributed by atoms with E-state index < -0.39 is 6.10 Å². The molecule has 0 aliphatic carbocycles. The van der Waals surface area contributed by atoms with E-state index in [-0.39, 0.29) is 0 Å². The molecule has 1 N–H and O–H groups in total. The summed E-state index contributed by atoms with van der Waals surface area (Å²) in [5.41, 5.74) is 0.903. The van der Waals surface area contributed by atoms with Crippen molar-refractivity contribution in [2.24, 2.45) is 5.92 Å². The number of hydrogen-bond acceptors (Lipinski definition) is 1. The second-order valence-corrected chi connectivity index (χ2v) is 5.37. The summed E-state index contributed by atoms with van der Waals surface area (Å²) in [7, 11) is 0.